The van der Waals surface area contributed by atoms with Crippen molar-refractivity contribution in [3.63, 3.8) is 0 Å². The van der Waals surface area contributed by atoms with Crippen LogP contribution in [0.3, 0.4) is 0 Å². The van der Waals surface area contributed by atoms with Gasteiger partial charge in [-0.25, -0.2) is 0 Å². The molecular weight excluding hydrogens is 371 g/mol. The van der Waals surface area contributed by atoms with Gasteiger partial charge < -0.3 is 4.98 Å². The molecule has 0 aliphatic rings. The maximum absolute atomic E-state index is 13.0. The molecule has 0 fully saturated rings. The summed E-state index contributed by atoms with van der Waals surface area (Å²) in [7, 11) is 0. The minimum Gasteiger partial charge on any atom is -0.354 e. The van der Waals surface area contributed by atoms with Crippen LogP contribution < -0.4 is 10.9 Å². The summed E-state index contributed by atoms with van der Waals surface area (Å²) < 4.78 is 1.40. The van der Waals surface area contributed by atoms with E-state index in [0.717, 1.165) is 5.52 Å². The first kappa shape index (κ1) is 15.4. The van der Waals surface area contributed by atoms with E-state index in [-0.39, 0.29) is 10.9 Å². The van der Waals surface area contributed by atoms with E-state index in [1.807, 2.05) is 18.2 Å². The van der Waals surface area contributed by atoms with Crippen molar-refractivity contribution in [3.05, 3.63) is 80.1 Å². The van der Waals surface area contributed by atoms with Crippen molar-refractivity contribution in [3.8, 4) is 0 Å². The topological polar surface area (TPSA) is 54.9 Å². The average Bonchev–Trinajstić information content (AvgIpc) is 2.65. The first-order valence-electron chi connectivity index (χ1n) is 7.93. The molecule has 126 valence electrons. The zero-order chi connectivity index (χ0) is 18.0. The van der Waals surface area contributed by atoms with E-state index in [9.17, 15) is 9.59 Å². The number of hydrogen-bond donors (Lipinski definition) is 1. The van der Waals surface area contributed by atoms with E-state index in [1.165, 1.54) is 4.09 Å². The highest BCUT2D eigenvalue weighted by molar-refractivity contribution is 6.31. The summed E-state index contributed by atoms with van der Waals surface area (Å²) in [5.74, 6) is 0. The fraction of sp³-hybridized carbons (Fsp3) is 0. The monoisotopic (exact) mass is 380 g/mol. The third kappa shape index (κ3) is 2.03. The molecule has 0 atom stereocenters. The third-order valence-electron chi connectivity index (χ3n) is 4.69. The second kappa shape index (κ2) is 5.34. The molecule has 0 spiro atoms. The lowest BCUT2D eigenvalue weighted by molar-refractivity contribution is 1.36. The number of benzene rings is 3. The molecule has 0 aliphatic heterocycles. The van der Waals surface area contributed by atoms with Crippen molar-refractivity contribution < 1.29 is 0 Å². The number of para-hydroxylation sites is 1. The zero-order valence-electron chi connectivity index (χ0n) is 13.2. The van der Waals surface area contributed by atoms with E-state index < -0.39 is 0 Å². The van der Waals surface area contributed by atoms with Gasteiger partial charge in [-0.3, -0.25) is 13.7 Å². The van der Waals surface area contributed by atoms with Gasteiger partial charge in [-0.15, -0.1) is 0 Å². The van der Waals surface area contributed by atoms with Gasteiger partial charge in [0.05, 0.1) is 16.6 Å². The Morgan fingerprint density at radius 1 is 0.731 bits per heavy atom. The third-order valence-corrected chi connectivity index (χ3v) is 5.29. The number of fused-ring (bicyclic) bond motifs is 4. The van der Waals surface area contributed by atoms with Gasteiger partial charge in [0.2, 0.25) is 0 Å². The molecule has 3 aromatic carbocycles. The summed E-state index contributed by atoms with van der Waals surface area (Å²) in [6, 6.07) is 15.6. The van der Waals surface area contributed by atoms with Crippen LogP contribution in [-0.2, 0) is 0 Å². The molecule has 0 saturated carbocycles. The molecule has 2 aromatic heterocycles. The Morgan fingerprint density at radius 2 is 1.46 bits per heavy atom. The fourth-order valence-electron chi connectivity index (χ4n) is 3.44. The Kier molecular flexibility index (Phi) is 3.17. The lowest BCUT2D eigenvalue weighted by Crippen LogP contribution is -2.10. The van der Waals surface area contributed by atoms with Gasteiger partial charge in [-0.2, -0.15) is 0 Å². The Labute approximate surface area is 156 Å². The summed E-state index contributed by atoms with van der Waals surface area (Å²) in [6.07, 6.45) is 0. The van der Waals surface area contributed by atoms with Crippen LogP contribution in [0.15, 0.2) is 64.2 Å². The standard InChI is InChI=1S/C20H10Cl2N2O2/c21-10-5-6-17-13(7-10)20(26)14-8-16-12(9-18(14)24(17)22)19(25)11-3-1-2-4-15(11)23-16/h1-9H,(H,23,25). The van der Waals surface area contributed by atoms with Crippen LogP contribution in [0.1, 0.15) is 0 Å². The summed E-state index contributed by atoms with van der Waals surface area (Å²) in [6.45, 7) is 0. The number of hydrogen-bond acceptors (Lipinski definition) is 2. The molecule has 26 heavy (non-hydrogen) atoms. The number of nitrogens with one attached hydrogen (secondary N) is 1. The Bertz CT molecular complexity index is 1500. The molecule has 0 saturated heterocycles. The molecule has 5 aromatic rings. The molecule has 0 bridgehead atoms. The number of aromatic amines is 1. The minimum absolute atomic E-state index is 0.100. The van der Waals surface area contributed by atoms with Crippen molar-refractivity contribution in [1.29, 1.82) is 0 Å². The van der Waals surface area contributed by atoms with Gasteiger partial charge in [0.1, 0.15) is 0 Å². The molecular formula is C20H10Cl2N2O2. The van der Waals surface area contributed by atoms with Crippen LogP contribution in [-0.4, -0.2) is 9.07 Å². The van der Waals surface area contributed by atoms with Crippen LogP contribution in [0.5, 0.6) is 0 Å². The smallest absolute Gasteiger partial charge is 0.197 e. The van der Waals surface area contributed by atoms with E-state index in [4.69, 9.17) is 23.4 Å². The van der Waals surface area contributed by atoms with Gasteiger partial charge in [-0.1, -0.05) is 23.7 Å². The maximum atomic E-state index is 13.0. The summed E-state index contributed by atoms with van der Waals surface area (Å²) >= 11 is 12.5. The molecule has 2 heterocycles. The van der Waals surface area contributed by atoms with Crippen molar-refractivity contribution in [1.82, 2.24) is 9.07 Å². The Morgan fingerprint density at radius 3 is 2.31 bits per heavy atom. The van der Waals surface area contributed by atoms with E-state index in [1.54, 1.807) is 36.4 Å². The predicted octanol–water partition coefficient (Wildman–Crippen LogP) is 4.80. The van der Waals surface area contributed by atoms with Crippen molar-refractivity contribution in [2.45, 2.75) is 0 Å². The highest BCUT2D eigenvalue weighted by Crippen LogP contribution is 2.26. The SMILES string of the molecule is O=c1c2ccccc2[nH]c2cc3c(=O)c4cc(Cl)ccc4n(Cl)c3cc12. The first-order valence-corrected chi connectivity index (χ1v) is 8.65. The van der Waals surface area contributed by atoms with Gasteiger partial charge in [0.25, 0.3) is 0 Å². The number of rotatable bonds is 0. The summed E-state index contributed by atoms with van der Waals surface area (Å²) in [5, 5.41) is 2.40. The molecule has 1 N–H and O–H groups in total. The fourth-order valence-corrected chi connectivity index (χ4v) is 3.90. The lowest BCUT2D eigenvalue weighted by atomic mass is 10.1. The maximum Gasteiger partial charge on any atom is 0.197 e. The predicted molar refractivity (Wildman–Crippen MR) is 108 cm³/mol. The average molecular weight is 381 g/mol. The van der Waals surface area contributed by atoms with Gasteiger partial charge in [0, 0.05) is 43.9 Å². The summed E-state index contributed by atoms with van der Waals surface area (Å²) in [5.41, 5.74) is 2.07. The molecule has 6 heteroatoms. The largest absolute Gasteiger partial charge is 0.354 e. The number of aromatic nitrogens is 2. The molecule has 0 aliphatic carbocycles. The molecule has 0 radical (unpaired) electrons. The number of H-pyrrole nitrogens is 1. The normalized spacial score (nSPS) is 11.8. The van der Waals surface area contributed by atoms with Crippen LogP contribution in [0.2, 0.25) is 5.02 Å². The van der Waals surface area contributed by atoms with Crippen LogP contribution in [0.25, 0.3) is 43.6 Å². The number of nitrogens with zero attached hydrogens (tertiary/aromatic N) is 1. The van der Waals surface area contributed by atoms with Gasteiger partial charge in [0.15, 0.2) is 10.9 Å². The van der Waals surface area contributed by atoms with Crippen molar-refractivity contribution >= 4 is 67.0 Å². The highest BCUT2D eigenvalue weighted by Gasteiger charge is 2.14. The Hall–Kier alpha value is -2.82. The minimum atomic E-state index is -0.176. The lowest BCUT2D eigenvalue weighted by Gasteiger charge is -2.10. The second-order valence-electron chi connectivity index (χ2n) is 6.19. The van der Waals surface area contributed by atoms with Crippen LogP contribution in [0.4, 0.5) is 0 Å². The van der Waals surface area contributed by atoms with E-state index >= 15 is 0 Å². The first-order chi connectivity index (χ1) is 12.5. The number of halogens is 2. The van der Waals surface area contributed by atoms with Crippen molar-refractivity contribution in [2.75, 3.05) is 0 Å². The van der Waals surface area contributed by atoms with Crippen molar-refractivity contribution in [2.24, 2.45) is 0 Å². The van der Waals surface area contributed by atoms with E-state index in [0.29, 0.717) is 43.1 Å². The highest BCUT2D eigenvalue weighted by atomic mass is 35.5. The second-order valence-corrected chi connectivity index (χ2v) is 6.96. The molecule has 0 amide bonds. The number of pyridine rings is 2. The van der Waals surface area contributed by atoms with Gasteiger partial charge in [-0.05, 0) is 42.5 Å². The Balaban J connectivity index is 2.06. The van der Waals surface area contributed by atoms with Crippen LogP contribution in [0, 0.1) is 0 Å². The molecule has 0 unspecified atom stereocenters. The molecule has 5 rings (SSSR count). The van der Waals surface area contributed by atoms with Crippen LogP contribution >= 0.6 is 23.4 Å². The zero-order valence-corrected chi connectivity index (χ0v) is 14.7. The molecule has 4 nitrogen and oxygen atoms in total. The quantitative estimate of drug-likeness (QED) is 0.392. The van der Waals surface area contributed by atoms with Gasteiger partial charge >= 0.3 is 0 Å². The van der Waals surface area contributed by atoms with E-state index in [2.05, 4.69) is 4.98 Å². The summed E-state index contributed by atoms with van der Waals surface area (Å²) in [4.78, 5) is 29.1.